The lowest BCUT2D eigenvalue weighted by atomic mass is 9.86. The molecule has 130 valence electrons. The van der Waals surface area contributed by atoms with Crippen LogP contribution in [0.25, 0.3) is 5.69 Å². The molecule has 1 aliphatic heterocycles. The van der Waals surface area contributed by atoms with Crippen LogP contribution in [0.5, 0.6) is 0 Å². The zero-order chi connectivity index (χ0) is 18.3. The second-order valence-electron chi connectivity index (χ2n) is 6.93. The van der Waals surface area contributed by atoms with Crippen LogP contribution in [0.15, 0.2) is 67.0 Å². The molecule has 0 saturated heterocycles. The van der Waals surface area contributed by atoms with Gasteiger partial charge in [-0.05, 0) is 74.0 Å². The molecule has 0 aliphatic carbocycles. The third-order valence-corrected chi connectivity index (χ3v) is 4.80. The Bertz CT molecular complexity index is 987. The van der Waals surface area contributed by atoms with E-state index in [1.807, 2.05) is 67.2 Å². The third-order valence-electron chi connectivity index (χ3n) is 4.80. The van der Waals surface area contributed by atoms with Gasteiger partial charge in [-0.2, -0.15) is 0 Å². The summed E-state index contributed by atoms with van der Waals surface area (Å²) in [6, 6.07) is 16.8. The van der Waals surface area contributed by atoms with Gasteiger partial charge in [0, 0.05) is 35.0 Å². The first-order valence-corrected chi connectivity index (χ1v) is 8.46. The van der Waals surface area contributed by atoms with Crippen molar-refractivity contribution in [2.24, 2.45) is 0 Å². The second-order valence-corrected chi connectivity index (χ2v) is 6.93. The number of fused-ring (bicyclic) bond motifs is 1. The van der Waals surface area contributed by atoms with E-state index in [2.05, 4.69) is 10.6 Å². The molecule has 1 aliphatic rings. The summed E-state index contributed by atoms with van der Waals surface area (Å²) in [6.45, 7) is 3.75. The molecule has 2 amide bonds. The van der Waals surface area contributed by atoms with Crippen LogP contribution < -0.4 is 10.6 Å². The summed E-state index contributed by atoms with van der Waals surface area (Å²) >= 11 is 0. The minimum atomic E-state index is -0.603. The van der Waals surface area contributed by atoms with E-state index in [0.717, 1.165) is 16.9 Å². The van der Waals surface area contributed by atoms with Crippen molar-refractivity contribution < 1.29 is 9.59 Å². The number of anilines is 2. The highest BCUT2D eigenvalue weighted by Crippen LogP contribution is 2.38. The lowest BCUT2D eigenvalue weighted by molar-refractivity contribution is -0.119. The van der Waals surface area contributed by atoms with Gasteiger partial charge < -0.3 is 15.2 Å². The molecular weight excluding hydrogens is 326 g/mol. The third kappa shape index (κ3) is 2.67. The first-order valence-electron chi connectivity index (χ1n) is 8.46. The molecule has 2 aromatic carbocycles. The zero-order valence-corrected chi connectivity index (χ0v) is 14.6. The Hall–Kier alpha value is -3.34. The summed E-state index contributed by atoms with van der Waals surface area (Å²) in [5.41, 5.74) is 3.34. The van der Waals surface area contributed by atoms with Gasteiger partial charge >= 0.3 is 0 Å². The highest BCUT2D eigenvalue weighted by Gasteiger charge is 2.38. The molecule has 26 heavy (non-hydrogen) atoms. The lowest BCUT2D eigenvalue weighted by Gasteiger charge is -2.16. The first-order chi connectivity index (χ1) is 12.4. The minimum Gasteiger partial charge on any atom is -0.325 e. The Morgan fingerprint density at radius 1 is 1.04 bits per heavy atom. The smallest absolute Gasteiger partial charge is 0.255 e. The van der Waals surface area contributed by atoms with E-state index in [1.54, 1.807) is 18.2 Å². The molecule has 3 aromatic rings. The molecular formula is C21H19N3O2. The van der Waals surface area contributed by atoms with Crippen molar-refractivity contribution in [3.8, 4) is 5.69 Å². The number of carbonyl (C=O) groups excluding carboxylic acids is 2. The second kappa shape index (κ2) is 5.88. The standard InChI is InChI=1S/C21H19N3O2/c1-21(2)17-13-15(7-10-18(17)23-20(21)26)22-19(25)14-5-8-16(9-6-14)24-11-3-4-12-24/h3-13H,1-2H3,(H,22,25)(H,23,26). The minimum absolute atomic E-state index is 0.0309. The molecule has 0 unspecified atom stereocenters. The SMILES string of the molecule is CC1(C)C(=O)Nc2ccc(NC(=O)c3ccc(-n4cccc4)cc3)cc21. The predicted octanol–water partition coefficient (Wildman–Crippen LogP) is 3.96. The number of hydrogen-bond donors (Lipinski definition) is 2. The van der Waals surface area contributed by atoms with Gasteiger partial charge in [0.2, 0.25) is 5.91 Å². The molecule has 0 spiro atoms. The number of benzene rings is 2. The van der Waals surface area contributed by atoms with Crippen molar-refractivity contribution >= 4 is 23.2 Å². The van der Waals surface area contributed by atoms with Gasteiger partial charge in [0.05, 0.1) is 5.41 Å². The number of aromatic nitrogens is 1. The van der Waals surface area contributed by atoms with E-state index in [0.29, 0.717) is 11.3 Å². The van der Waals surface area contributed by atoms with E-state index in [4.69, 9.17) is 0 Å². The fraction of sp³-hybridized carbons (Fsp3) is 0.143. The Kier molecular flexibility index (Phi) is 3.65. The van der Waals surface area contributed by atoms with Crippen molar-refractivity contribution in [3.63, 3.8) is 0 Å². The van der Waals surface area contributed by atoms with Crippen molar-refractivity contribution in [3.05, 3.63) is 78.1 Å². The predicted molar refractivity (Wildman–Crippen MR) is 102 cm³/mol. The molecule has 1 aromatic heterocycles. The molecule has 4 rings (SSSR count). The molecule has 0 saturated carbocycles. The Labute approximate surface area is 151 Å². The number of rotatable bonds is 3. The molecule has 0 atom stereocenters. The first kappa shape index (κ1) is 16.1. The highest BCUT2D eigenvalue weighted by molar-refractivity contribution is 6.07. The van der Waals surface area contributed by atoms with Crippen molar-refractivity contribution in [1.82, 2.24) is 4.57 Å². The van der Waals surface area contributed by atoms with Crippen molar-refractivity contribution in [1.29, 1.82) is 0 Å². The zero-order valence-electron chi connectivity index (χ0n) is 14.6. The maximum atomic E-state index is 12.5. The maximum Gasteiger partial charge on any atom is 0.255 e. The number of nitrogens with one attached hydrogen (secondary N) is 2. The summed E-state index contributed by atoms with van der Waals surface area (Å²) in [5, 5.41) is 5.78. The summed E-state index contributed by atoms with van der Waals surface area (Å²) in [4.78, 5) is 24.6. The van der Waals surface area contributed by atoms with Gasteiger partial charge in [0.1, 0.15) is 0 Å². The largest absolute Gasteiger partial charge is 0.325 e. The van der Waals surface area contributed by atoms with Gasteiger partial charge in [-0.3, -0.25) is 9.59 Å². The summed E-state index contributed by atoms with van der Waals surface area (Å²) in [7, 11) is 0. The Balaban J connectivity index is 1.54. The molecule has 0 fully saturated rings. The van der Waals surface area contributed by atoms with Crippen LogP contribution in [0.1, 0.15) is 29.8 Å². The fourth-order valence-corrected chi connectivity index (χ4v) is 3.14. The van der Waals surface area contributed by atoms with Crippen LogP contribution in [0.4, 0.5) is 11.4 Å². The average Bonchev–Trinajstić information content (AvgIpc) is 3.24. The van der Waals surface area contributed by atoms with E-state index in [1.165, 1.54) is 0 Å². The van der Waals surface area contributed by atoms with Crippen LogP contribution >= 0.6 is 0 Å². The summed E-state index contributed by atoms with van der Waals surface area (Å²) < 4.78 is 1.98. The van der Waals surface area contributed by atoms with Gasteiger partial charge in [0.25, 0.3) is 5.91 Å². The molecule has 5 heteroatoms. The molecule has 2 heterocycles. The van der Waals surface area contributed by atoms with Crippen LogP contribution in [0, 0.1) is 0 Å². The summed E-state index contributed by atoms with van der Waals surface area (Å²) in [6.07, 6.45) is 3.91. The van der Waals surface area contributed by atoms with Crippen LogP contribution in [0.3, 0.4) is 0 Å². The quantitative estimate of drug-likeness (QED) is 0.755. The molecule has 5 nitrogen and oxygen atoms in total. The average molecular weight is 345 g/mol. The van der Waals surface area contributed by atoms with E-state index < -0.39 is 5.41 Å². The van der Waals surface area contributed by atoms with Crippen molar-refractivity contribution in [2.45, 2.75) is 19.3 Å². The number of hydrogen-bond acceptors (Lipinski definition) is 2. The topological polar surface area (TPSA) is 63.1 Å². The van der Waals surface area contributed by atoms with Gasteiger partial charge in [-0.15, -0.1) is 0 Å². The normalized spacial score (nSPS) is 14.6. The number of amides is 2. The van der Waals surface area contributed by atoms with E-state index >= 15 is 0 Å². The van der Waals surface area contributed by atoms with Gasteiger partial charge in [-0.1, -0.05) is 0 Å². The van der Waals surface area contributed by atoms with E-state index in [-0.39, 0.29) is 11.8 Å². The van der Waals surface area contributed by atoms with Crippen LogP contribution in [0.2, 0.25) is 0 Å². The van der Waals surface area contributed by atoms with Crippen LogP contribution in [-0.2, 0) is 10.2 Å². The lowest BCUT2D eigenvalue weighted by Crippen LogP contribution is -2.26. The van der Waals surface area contributed by atoms with E-state index in [9.17, 15) is 9.59 Å². The van der Waals surface area contributed by atoms with Gasteiger partial charge in [-0.25, -0.2) is 0 Å². The highest BCUT2D eigenvalue weighted by atomic mass is 16.2. The fourth-order valence-electron chi connectivity index (χ4n) is 3.14. The maximum absolute atomic E-state index is 12.5. The molecule has 2 N–H and O–H groups in total. The van der Waals surface area contributed by atoms with Crippen LogP contribution in [-0.4, -0.2) is 16.4 Å². The van der Waals surface area contributed by atoms with Gasteiger partial charge in [0.15, 0.2) is 0 Å². The molecule has 0 radical (unpaired) electrons. The summed E-state index contributed by atoms with van der Waals surface area (Å²) in [5.74, 6) is -0.212. The number of carbonyl (C=O) groups is 2. The Morgan fingerprint density at radius 3 is 2.42 bits per heavy atom. The van der Waals surface area contributed by atoms with Crippen molar-refractivity contribution in [2.75, 3.05) is 10.6 Å². The Morgan fingerprint density at radius 2 is 1.73 bits per heavy atom. The molecule has 0 bridgehead atoms. The number of nitrogens with zero attached hydrogens (tertiary/aromatic N) is 1. The monoisotopic (exact) mass is 345 g/mol.